The van der Waals surface area contributed by atoms with Gasteiger partial charge in [0.1, 0.15) is 11.6 Å². The standard InChI is InChI=1S/C23H18ClFN2O3S/c24-17-10-8-16(9-11-17)13-27-14-22(20-6-1-2-7-21(20)27)31(29,30)15-23(28)26-19-5-3-4-18(25)12-19/h1-12,14H,13,15H2,(H,26,28). The van der Waals surface area contributed by atoms with Gasteiger partial charge in [0.15, 0.2) is 9.84 Å². The van der Waals surface area contributed by atoms with E-state index in [1.165, 1.54) is 18.2 Å². The van der Waals surface area contributed by atoms with Crippen molar-refractivity contribution in [3.63, 3.8) is 0 Å². The maximum absolute atomic E-state index is 13.3. The summed E-state index contributed by atoms with van der Waals surface area (Å²) in [5, 5.41) is 3.59. The predicted molar refractivity (Wildman–Crippen MR) is 120 cm³/mol. The Bertz CT molecular complexity index is 1370. The molecule has 4 rings (SSSR count). The Morgan fingerprint density at radius 2 is 1.74 bits per heavy atom. The van der Waals surface area contributed by atoms with Crippen LogP contribution in [0, 0.1) is 5.82 Å². The van der Waals surface area contributed by atoms with Crippen LogP contribution in [0.3, 0.4) is 0 Å². The quantitative estimate of drug-likeness (QED) is 0.449. The fourth-order valence-electron chi connectivity index (χ4n) is 3.39. The molecule has 0 radical (unpaired) electrons. The number of hydrogen-bond acceptors (Lipinski definition) is 3. The molecule has 1 heterocycles. The largest absolute Gasteiger partial charge is 0.342 e. The van der Waals surface area contributed by atoms with Gasteiger partial charge in [-0.1, -0.05) is 48.0 Å². The molecular weight excluding hydrogens is 439 g/mol. The van der Waals surface area contributed by atoms with Crippen molar-refractivity contribution in [3.8, 4) is 0 Å². The molecule has 0 aliphatic heterocycles. The van der Waals surface area contributed by atoms with Gasteiger partial charge in [-0.25, -0.2) is 12.8 Å². The lowest BCUT2D eigenvalue weighted by atomic mass is 10.2. The molecule has 0 saturated heterocycles. The van der Waals surface area contributed by atoms with Gasteiger partial charge in [-0.2, -0.15) is 0 Å². The van der Waals surface area contributed by atoms with Crippen LogP contribution in [0.1, 0.15) is 5.56 Å². The van der Waals surface area contributed by atoms with E-state index in [-0.39, 0.29) is 10.6 Å². The Labute approximate surface area is 184 Å². The lowest BCUT2D eigenvalue weighted by Gasteiger charge is -2.06. The first-order chi connectivity index (χ1) is 14.8. The Balaban J connectivity index is 1.63. The second kappa shape index (κ2) is 8.53. The number of nitrogens with zero attached hydrogens (tertiary/aromatic N) is 1. The number of sulfone groups is 1. The molecule has 0 fully saturated rings. The molecule has 0 saturated carbocycles. The summed E-state index contributed by atoms with van der Waals surface area (Å²) in [6.45, 7) is 0.447. The van der Waals surface area contributed by atoms with Gasteiger partial charge in [-0.05, 0) is 42.0 Å². The van der Waals surface area contributed by atoms with E-state index in [0.717, 1.165) is 17.1 Å². The van der Waals surface area contributed by atoms with Crippen molar-refractivity contribution in [3.05, 3.63) is 95.4 Å². The number of hydrogen-bond donors (Lipinski definition) is 1. The maximum Gasteiger partial charge on any atom is 0.239 e. The normalized spacial score (nSPS) is 11.5. The first-order valence-corrected chi connectivity index (χ1v) is 11.5. The SMILES string of the molecule is O=C(CS(=O)(=O)c1cn(Cc2ccc(Cl)cc2)c2ccccc12)Nc1cccc(F)c1. The van der Waals surface area contributed by atoms with Crippen LogP contribution in [0.2, 0.25) is 5.02 Å². The van der Waals surface area contributed by atoms with Gasteiger partial charge in [-0.3, -0.25) is 4.79 Å². The van der Waals surface area contributed by atoms with Crippen LogP contribution in [-0.2, 0) is 21.2 Å². The zero-order valence-electron chi connectivity index (χ0n) is 16.3. The summed E-state index contributed by atoms with van der Waals surface area (Å²) in [5.74, 6) is -2.01. The van der Waals surface area contributed by atoms with Gasteiger partial charge in [-0.15, -0.1) is 0 Å². The molecular formula is C23H18ClFN2O3S. The van der Waals surface area contributed by atoms with Crippen molar-refractivity contribution in [1.82, 2.24) is 4.57 Å². The van der Waals surface area contributed by atoms with E-state index < -0.39 is 27.3 Å². The Kier molecular flexibility index (Phi) is 5.80. The van der Waals surface area contributed by atoms with Crippen LogP contribution in [0.5, 0.6) is 0 Å². The second-order valence-electron chi connectivity index (χ2n) is 7.08. The predicted octanol–water partition coefficient (Wildman–Crippen LogP) is 4.89. The minimum atomic E-state index is -3.94. The summed E-state index contributed by atoms with van der Waals surface area (Å²) in [4.78, 5) is 12.4. The molecule has 4 aromatic rings. The topological polar surface area (TPSA) is 68.2 Å². The van der Waals surface area contributed by atoms with Crippen LogP contribution in [0.4, 0.5) is 10.1 Å². The summed E-state index contributed by atoms with van der Waals surface area (Å²) < 4.78 is 41.3. The van der Waals surface area contributed by atoms with Crippen molar-refractivity contribution in [2.75, 3.05) is 11.1 Å². The van der Waals surface area contributed by atoms with Crippen molar-refractivity contribution < 1.29 is 17.6 Å². The summed E-state index contributed by atoms with van der Waals surface area (Å²) in [7, 11) is -3.94. The zero-order valence-corrected chi connectivity index (χ0v) is 17.8. The smallest absolute Gasteiger partial charge is 0.239 e. The van der Waals surface area contributed by atoms with Crippen LogP contribution in [0.15, 0.2) is 83.9 Å². The molecule has 5 nitrogen and oxygen atoms in total. The van der Waals surface area contributed by atoms with E-state index in [1.807, 2.05) is 28.8 Å². The van der Waals surface area contributed by atoms with Gasteiger partial charge in [0, 0.05) is 34.4 Å². The van der Waals surface area contributed by atoms with Crippen LogP contribution < -0.4 is 5.32 Å². The molecule has 31 heavy (non-hydrogen) atoms. The Morgan fingerprint density at radius 3 is 2.48 bits per heavy atom. The summed E-state index contributed by atoms with van der Waals surface area (Å²) in [6, 6.07) is 19.7. The highest BCUT2D eigenvalue weighted by Gasteiger charge is 2.24. The van der Waals surface area contributed by atoms with Gasteiger partial charge in [0.05, 0.1) is 4.90 Å². The van der Waals surface area contributed by atoms with E-state index in [1.54, 1.807) is 30.5 Å². The van der Waals surface area contributed by atoms with E-state index in [0.29, 0.717) is 17.0 Å². The molecule has 0 spiro atoms. The van der Waals surface area contributed by atoms with Crippen molar-refractivity contribution >= 4 is 43.9 Å². The number of carbonyl (C=O) groups is 1. The summed E-state index contributed by atoms with van der Waals surface area (Å²) in [5.41, 5.74) is 1.89. The molecule has 0 atom stereocenters. The molecule has 1 aromatic heterocycles. The zero-order chi connectivity index (χ0) is 22.0. The number of para-hydroxylation sites is 1. The molecule has 158 valence electrons. The number of anilines is 1. The van der Waals surface area contributed by atoms with Crippen molar-refractivity contribution in [2.45, 2.75) is 11.4 Å². The first kappa shape index (κ1) is 21.1. The maximum atomic E-state index is 13.3. The number of aromatic nitrogens is 1. The average molecular weight is 457 g/mol. The van der Waals surface area contributed by atoms with Gasteiger partial charge < -0.3 is 9.88 Å². The lowest BCUT2D eigenvalue weighted by Crippen LogP contribution is -2.23. The lowest BCUT2D eigenvalue weighted by molar-refractivity contribution is -0.113. The Hall–Kier alpha value is -3.16. The highest BCUT2D eigenvalue weighted by molar-refractivity contribution is 7.92. The van der Waals surface area contributed by atoms with E-state index in [4.69, 9.17) is 11.6 Å². The molecule has 0 aliphatic rings. The number of fused-ring (bicyclic) bond motifs is 1. The molecule has 8 heteroatoms. The molecule has 3 aromatic carbocycles. The van der Waals surface area contributed by atoms with E-state index in [9.17, 15) is 17.6 Å². The first-order valence-electron chi connectivity index (χ1n) is 9.42. The number of benzene rings is 3. The summed E-state index contributed by atoms with van der Waals surface area (Å²) >= 11 is 5.94. The van der Waals surface area contributed by atoms with Crippen molar-refractivity contribution in [2.24, 2.45) is 0 Å². The number of carbonyl (C=O) groups excluding carboxylic acids is 1. The molecule has 0 unspecified atom stereocenters. The van der Waals surface area contributed by atoms with Gasteiger partial charge in [0.25, 0.3) is 0 Å². The second-order valence-corrected chi connectivity index (χ2v) is 9.48. The van der Waals surface area contributed by atoms with E-state index >= 15 is 0 Å². The Morgan fingerprint density at radius 1 is 1.00 bits per heavy atom. The monoisotopic (exact) mass is 456 g/mol. The van der Waals surface area contributed by atoms with Crippen LogP contribution in [0.25, 0.3) is 10.9 Å². The number of rotatable bonds is 6. The third-order valence-corrected chi connectivity index (χ3v) is 6.67. The van der Waals surface area contributed by atoms with Crippen molar-refractivity contribution in [1.29, 1.82) is 0 Å². The molecule has 0 aliphatic carbocycles. The van der Waals surface area contributed by atoms with Crippen LogP contribution in [-0.4, -0.2) is 24.6 Å². The number of amides is 1. The average Bonchev–Trinajstić information content (AvgIpc) is 3.09. The highest BCUT2D eigenvalue weighted by atomic mass is 35.5. The third kappa shape index (κ3) is 4.78. The highest BCUT2D eigenvalue weighted by Crippen LogP contribution is 2.27. The minimum absolute atomic E-state index is 0.0754. The fourth-order valence-corrected chi connectivity index (χ4v) is 4.89. The van der Waals surface area contributed by atoms with Gasteiger partial charge in [0.2, 0.25) is 5.91 Å². The van der Waals surface area contributed by atoms with E-state index in [2.05, 4.69) is 5.32 Å². The fraction of sp³-hybridized carbons (Fsp3) is 0.0870. The molecule has 1 N–H and O–H groups in total. The van der Waals surface area contributed by atoms with Gasteiger partial charge >= 0.3 is 0 Å². The number of nitrogens with one attached hydrogen (secondary N) is 1. The number of halogens is 2. The molecule has 0 bridgehead atoms. The molecule has 1 amide bonds. The summed E-state index contributed by atoms with van der Waals surface area (Å²) in [6.07, 6.45) is 1.55. The van der Waals surface area contributed by atoms with Crippen LogP contribution >= 0.6 is 11.6 Å². The minimum Gasteiger partial charge on any atom is -0.342 e. The third-order valence-electron chi connectivity index (χ3n) is 4.78.